The van der Waals surface area contributed by atoms with Crippen molar-refractivity contribution in [3.05, 3.63) is 52.9 Å². The van der Waals surface area contributed by atoms with Crippen molar-refractivity contribution in [3.63, 3.8) is 0 Å². The number of carboxylic acid groups (broad SMARTS) is 1. The third-order valence-corrected chi connectivity index (χ3v) is 5.68. The van der Waals surface area contributed by atoms with Crippen LogP contribution in [-0.4, -0.2) is 28.0 Å². The van der Waals surface area contributed by atoms with Crippen LogP contribution in [0.2, 0.25) is 0 Å². The lowest BCUT2D eigenvalue weighted by Gasteiger charge is -2.26. The Morgan fingerprint density at radius 2 is 2.10 bits per heavy atom. The number of fused-ring (bicyclic) bond motifs is 3. The number of para-hydroxylation sites is 1. The van der Waals surface area contributed by atoms with Gasteiger partial charge in [0.05, 0.1) is 16.3 Å². The highest BCUT2D eigenvalue weighted by atomic mass is 32.2. The molecule has 3 heterocycles. The Morgan fingerprint density at radius 3 is 2.86 bits per heavy atom. The lowest BCUT2D eigenvalue weighted by Crippen LogP contribution is -2.36. The first-order valence-electron chi connectivity index (χ1n) is 6.52. The van der Waals surface area contributed by atoms with Crippen LogP contribution in [0, 0.1) is 0 Å². The van der Waals surface area contributed by atoms with E-state index in [0.717, 1.165) is 16.3 Å². The molecule has 1 aromatic heterocycles. The minimum atomic E-state index is -0.810. The SMILES string of the molecule is O=C(O)CN1C=C(c2cccs2)N2c3ccccc3SC12. The fraction of sp³-hybridized carbons (Fsp3) is 0.133. The van der Waals surface area contributed by atoms with E-state index in [-0.39, 0.29) is 12.0 Å². The summed E-state index contributed by atoms with van der Waals surface area (Å²) in [7, 11) is 0. The Balaban J connectivity index is 1.79. The van der Waals surface area contributed by atoms with Crippen LogP contribution in [0.4, 0.5) is 5.69 Å². The molecule has 1 aromatic carbocycles. The number of nitrogens with zero attached hydrogens (tertiary/aromatic N) is 2. The van der Waals surface area contributed by atoms with E-state index in [2.05, 4.69) is 23.1 Å². The summed E-state index contributed by atoms with van der Waals surface area (Å²) in [5, 5.41) is 11.2. The van der Waals surface area contributed by atoms with Crippen molar-refractivity contribution in [2.45, 2.75) is 10.4 Å². The molecule has 2 aliphatic rings. The second kappa shape index (κ2) is 4.82. The predicted molar refractivity (Wildman–Crippen MR) is 85.2 cm³/mol. The van der Waals surface area contributed by atoms with Crippen molar-refractivity contribution in [2.24, 2.45) is 0 Å². The summed E-state index contributed by atoms with van der Waals surface area (Å²) in [5.41, 5.74) is 2.23. The van der Waals surface area contributed by atoms with Crippen LogP contribution < -0.4 is 4.90 Å². The minimum Gasteiger partial charge on any atom is -0.480 e. The maximum absolute atomic E-state index is 11.1. The summed E-state index contributed by atoms with van der Waals surface area (Å²) in [6, 6.07) is 12.3. The third kappa shape index (κ3) is 2.02. The van der Waals surface area contributed by atoms with Crippen LogP contribution in [0.3, 0.4) is 0 Å². The Labute approximate surface area is 130 Å². The van der Waals surface area contributed by atoms with Crippen LogP contribution in [0.25, 0.3) is 5.70 Å². The zero-order valence-corrected chi connectivity index (χ0v) is 12.6. The van der Waals surface area contributed by atoms with Gasteiger partial charge >= 0.3 is 5.97 Å². The number of hydrogen-bond donors (Lipinski definition) is 1. The number of carboxylic acids is 1. The Morgan fingerprint density at radius 1 is 1.24 bits per heavy atom. The normalized spacial score (nSPS) is 19.4. The summed E-state index contributed by atoms with van der Waals surface area (Å²) in [6.07, 6.45) is 1.97. The van der Waals surface area contributed by atoms with E-state index >= 15 is 0 Å². The van der Waals surface area contributed by atoms with Crippen molar-refractivity contribution in [3.8, 4) is 0 Å². The summed E-state index contributed by atoms with van der Waals surface area (Å²) < 4.78 is 0. The Bertz CT molecular complexity index is 727. The second-order valence-electron chi connectivity index (χ2n) is 4.84. The average Bonchev–Trinajstić information content (AvgIpc) is 3.15. The van der Waals surface area contributed by atoms with E-state index < -0.39 is 5.97 Å². The number of hydrogen-bond acceptors (Lipinski definition) is 5. The maximum atomic E-state index is 11.1. The molecule has 0 bridgehead atoms. The van der Waals surface area contributed by atoms with Crippen molar-refractivity contribution in [2.75, 3.05) is 11.4 Å². The number of rotatable bonds is 3. The van der Waals surface area contributed by atoms with Crippen LogP contribution in [-0.2, 0) is 4.79 Å². The summed E-state index contributed by atoms with van der Waals surface area (Å²) in [4.78, 5) is 17.6. The topological polar surface area (TPSA) is 43.8 Å². The minimum absolute atomic E-state index is 0.00407. The summed E-state index contributed by atoms with van der Waals surface area (Å²) >= 11 is 3.37. The molecule has 21 heavy (non-hydrogen) atoms. The Hall–Kier alpha value is -1.92. The molecular formula is C15H12N2O2S2. The maximum Gasteiger partial charge on any atom is 0.323 e. The fourth-order valence-electron chi connectivity index (χ4n) is 2.68. The van der Waals surface area contributed by atoms with E-state index in [1.807, 2.05) is 34.7 Å². The lowest BCUT2D eigenvalue weighted by atomic mass is 10.2. The van der Waals surface area contributed by atoms with Crippen molar-refractivity contribution >= 4 is 40.5 Å². The van der Waals surface area contributed by atoms with Crippen molar-refractivity contribution in [1.29, 1.82) is 0 Å². The van der Waals surface area contributed by atoms with Crippen LogP contribution in [0.15, 0.2) is 52.9 Å². The first-order valence-corrected chi connectivity index (χ1v) is 8.28. The largest absolute Gasteiger partial charge is 0.480 e. The van der Waals surface area contributed by atoms with Gasteiger partial charge in [0.15, 0.2) is 5.50 Å². The molecule has 106 valence electrons. The standard InChI is InChI=1S/C15H12N2O2S2/c18-14(19)9-16-8-11(12-6-3-7-20-12)17-10-4-1-2-5-13(10)21-15(16)17/h1-8,15H,9H2,(H,18,19). The first kappa shape index (κ1) is 12.8. The van der Waals surface area contributed by atoms with Gasteiger partial charge in [-0.3, -0.25) is 4.79 Å². The van der Waals surface area contributed by atoms with Gasteiger partial charge in [0, 0.05) is 11.1 Å². The van der Waals surface area contributed by atoms with Crippen LogP contribution >= 0.6 is 23.1 Å². The van der Waals surface area contributed by atoms with Crippen LogP contribution in [0.1, 0.15) is 4.88 Å². The fourth-order valence-corrected chi connectivity index (χ4v) is 4.68. The molecule has 0 radical (unpaired) electrons. The van der Waals surface area contributed by atoms with Gasteiger partial charge < -0.3 is 14.9 Å². The monoisotopic (exact) mass is 316 g/mol. The van der Waals surface area contributed by atoms with Gasteiger partial charge in [-0.1, -0.05) is 30.0 Å². The highest BCUT2D eigenvalue weighted by Crippen LogP contribution is 2.51. The summed E-state index contributed by atoms with van der Waals surface area (Å²) in [6.45, 7) is 0.0109. The molecule has 2 aliphatic heterocycles. The van der Waals surface area contributed by atoms with E-state index in [4.69, 9.17) is 5.11 Å². The van der Waals surface area contributed by atoms with Gasteiger partial charge in [0.2, 0.25) is 0 Å². The van der Waals surface area contributed by atoms with Crippen molar-refractivity contribution in [1.82, 2.24) is 4.90 Å². The van der Waals surface area contributed by atoms with Crippen molar-refractivity contribution < 1.29 is 9.90 Å². The molecule has 1 N–H and O–H groups in total. The molecule has 6 heteroatoms. The van der Waals surface area contributed by atoms with Gasteiger partial charge in [-0.2, -0.15) is 0 Å². The quantitative estimate of drug-likeness (QED) is 0.941. The molecule has 0 amide bonds. The number of carbonyl (C=O) groups is 1. The number of benzene rings is 1. The highest BCUT2D eigenvalue weighted by Gasteiger charge is 2.41. The molecule has 0 fully saturated rings. The highest BCUT2D eigenvalue weighted by molar-refractivity contribution is 8.00. The molecule has 4 nitrogen and oxygen atoms in total. The van der Waals surface area contributed by atoms with E-state index in [0.29, 0.717) is 0 Å². The number of thioether (sulfide) groups is 1. The molecule has 0 saturated heterocycles. The van der Waals surface area contributed by atoms with E-state index in [1.54, 1.807) is 23.1 Å². The molecule has 1 atom stereocenters. The predicted octanol–water partition coefficient (Wildman–Crippen LogP) is 3.34. The summed E-state index contributed by atoms with van der Waals surface area (Å²) in [5.74, 6) is -0.810. The molecule has 0 saturated carbocycles. The molecule has 0 spiro atoms. The molecule has 1 unspecified atom stereocenters. The van der Waals surface area contributed by atoms with E-state index in [1.165, 1.54) is 4.90 Å². The smallest absolute Gasteiger partial charge is 0.323 e. The first-order chi connectivity index (χ1) is 10.2. The number of anilines is 1. The zero-order valence-electron chi connectivity index (χ0n) is 11.0. The zero-order chi connectivity index (χ0) is 14.4. The van der Waals surface area contributed by atoms with Gasteiger partial charge in [-0.05, 0) is 23.6 Å². The van der Waals surface area contributed by atoms with Gasteiger partial charge in [-0.15, -0.1) is 11.3 Å². The second-order valence-corrected chi connectivity index (χ2v) is 6.88. The molecular weight excluding hydrogens is 304 g/mol. The molecule has 0 aliphatic carbocycles. The lowest BCUT2D eigenvalue weighted by molar-refractivity contribution is -0.137. The molecule has 4 rings (SSSR count). The van der Waals surface area contributed by atoms with Gasteiger partial charge in [0.25, 0.3) is 0 Å². The van der Waals surface area contributed by atoms with E-state index in [9.17, 15) is 4.79 Å². The van der Waals surface area contributed by atoms with Gasteiger partial charge in [0.1, 0.15) is 6.54 Å². The van der Waals surface area contributed by atoms with Crippen LogP contribution in [0.5, 0.6) is 0 Å². The average molecular weight is 316 g/mol. The molecule has 2 aromatic rings. The Kier molecular flexibility index (Phi) is 2.94. The number of aliphatic carboxylic acids is 1. The van der Waals surface area contributed by atoms with Gasteiger partial charge in [-0.25, -0.2) is 0 Å². The number of thiophene rings is 1. The third-order valence-electron chi connectivity index (χ3n) is 3.50.